The van der Waals surface area contributed by atoms with Crippen molar-refractivity contribution in [3.05, 3.63) is 87.1 Å². The quantitative estimate of drug-likeness (QED) is 0.298. The average molecular weight is 654 g/mol. The van der Waals surface area contributed by atoms with Crippen LogP contribution in [0.1, 0.15) is 36.2 Å². The number of nitrogens with zero attached hydrogens (tertiary/aromatic N) is 2. The lowest BCUT2D eigenvalue weighted by molar-refractivity contribution is -0.142. The molecule has 0 saturated carbocycles. The molecule has 1 aromatic heterocycles. The SMILES string of the molecule is CC1(C)CCN(S(=O)(=O)c2cccc(Cl)c2)[C@@H]1C(=O)N[C@@H](Cc1ccc(NC(=O)c2c(Cl)cncc2Cl)cc1)C(=O)O. The van der Waals surface area contributed by atoms with E-state index >= 15 is 0 Å². The minimum absolute atomic E-state index is 0.0547. The van der Waals surface area contributed by atoms with Crippen LogP contribution in [0.4, 0.5) is 5.69 Å². The van der Waals surface area contributed by atoms with E-state index < -0.39 is 45.3 Å². The Morgan fingerprint density at radius 1 is 1.07 bits per heavy atom. The van der Waals surface area contributed by atoms with Crippen LogP contribution in [0.3, 0.4) is 0 Å². The molecule has 1 aliphatic heterocycles. The van der Waals surface area contributed by atoms with Crippen molar-refractivity contribution in [1.82, 2.24) is 14.6 Å². The Morgan fingerprint density at radius 3 is 2.31 bits per heavy atom. The highest BCUT2D eigenvalue weighted by Gasteiger charge is 2.50. The van der Waals surface area contributed by atoms with Gasteiger partial charge in [0.25, 0.3) is 5.91 Å². The van der Waals surface area contributed by atoms with Crippen molar-refractivity contribution in [2.75, 3.05) is 11.9 Å². The van der Waals surface area contributed by atoms with Gasteiger partial charge < -0.3 is 15.7 Å². The van der Waals surface area contributed by atoms with Crippen molar-refractivity contribution in [3.8, 4) is 0 Å². The molecule has 0 unspecified atom stereocenters. The van der Waals surface area contributed by atoms with Crippen LogP contribution in [0.5, 0.6) is 0 Å². The van der Waals surface area contributed by atoms with Crippen molar-refractivity contribution in [2.45, 2.75) is 43.7 Å². The third-order valence-electron chi connectivity index (χ3n) is 7.00. The number of sulfonamides is 1. The van der Waals surface area contributed by atoms with Crippen molar-refractivity contribution in [3.63, 3.8) is 0 Å². The summed E-state index contributed by atoms with van der Waals surface area (Å²) in [4.78, 5) is 42.0. The molecule has 1 saturated heterocycles. The molecule has 0 aliphatic carbocycles. The summed E-state index contributed by atoms with van der Waals surface area (Å²) in [5.41, 5.74) is 0.249. The number of hydrogen-bond donors (Lipinski definition) is 3. The van der Waals surface area contributed by atoms with Crippen LogP contribution in [0.15, 0.2) is 65.8 Å². The van der Waals surface area contributed by atoms with Gasteiger partial charge in [0.05, 0.1) is 20.5 Å². The number of pyridine rings is 1. The van der Waals surface area contributed by atoms with Gasteiger partial charge >= 0.3 is 5.97 Å². The van der Waals surface area contributed by atoms with E-state index in [1.54, 1.807) is 44.2 Å². The van der Waals surface area contributed by atoms with Crippen LogP contribution < -0.4 is 10.6 Å². The van der Waals surface area contributed by atoms with Gasteiger partial charge in [-0.05, 0) is 47.7 Å². The zero-order valence-electron chi connectivity index (χ0n) is 22.5. The number of aliphatic carboxylic acids is 1. The number of carboxylic acid groups (broad SMARTS) is 1. The summed E-state index contributed by atoms with van der Waals surface area (Å²) in [6, 6.07) is 9.59. The second-order valence-corrected chi connectivity index (χ2v) is 13.6. The Hall–Kier alpha value is -3.22. The molecule has 2 aromatic carbocycles. The van der Waals surface area contributed by atoms with E-state index in [9.17, 15) is 27.9 Å². The number of carboxylic acids is 1. The lowest BCUT2D eigenvalue weighted by atomic mass is 9.84. The van der Waals surface area contributed by atoms with E-state index in [-0.39, 0.29) is 38.5 Å². The van der Waals surface area contributed by atoms with Gasteiger partial charge in [-0.15, -0.1) is 0 Å². The maximum atomic E-state index is 13.5. The number of aromatic nitrogens is 1. The first-order valence-corrected chi connectivity index (χ1v) is 15.3. The molecule has 3 aromatic rings. The normalized spacial score (nSPS) is 17.4. The van der Waals surface area contributed by atoms with Crippen molar-refractivity contribution in [2.24, 2.45) is 5.41 Å². The number of amides is 2. The molecule has 0 bridgehead atoms. The molecule has 42 heavy (non-hydrogen) atoms. The van der Waals surface area contributed by atoms with Crippen molar-refractivity contribution >= 4 is 68.3 Å². The minimum Gasteiger partial charge on any atom is -0.480 e. The van der Waals surface area contributed by atoms with Crippen LogP contribution in [-0.2, 0) is 26.0 Å². The van der Waals surface area contributed by atoms with E-state index in [4.69, 9.17) is 34.8 Å². The highest BCUT2D eigenvalue weighted by Crippen LogP contribution is 2.40. The van der Waals surface area contributed by atoms with Gasteiger partial charge in [0.15, 0.2) is 0 Å². The van der Waals surface area contributed by atoms with Gasteiger partial charge in [0.2, 0.25) is 15.9 Å². The van der Waals surface area contributed by atoms with Crippen LogP contribution in [0.25, 0.3) is 0 Å². The molecule has 4 rings (SSSR count). The molecular weight excluding hydrogens is 627 g/mol. The number of halogens is 3. The topological polar surface area (TPSA) is 146 Å². The van der Waals surface area contributed by atoms with Crippen LogP contribution >= 0.6 is 34.8 Å². The highest BCUT2D eigenvalue weighted by molar-refractivity contribution is 7.89. The fraction of sp³-hybridized carbons (Fsp3) is 0.286. The zero-order chi connectivity index (χ0) is 30.8. The molecule has 222 valence electrons. The molecule has 1 fully saturated rings. The fourth-order valence-corrected chi connectivity index (χ4v) is 7.37. The van der Waals surface area contributed by atoms with Gasteiger partial charge in [-0.2, -0.15) is 4.31 Å². The number of anilines is 1. The summed E-state index contributed by atoms with van der Waals surface area (Å²) in [5.74, 6) is -2.56. The Balaban J connectivity index is 1.48. The largest absolute Gasteiger partial charge is 0.480 e. The molecule has 0 radical (unpaired) electrons. The number of nitrogens with one attached hydrogen (secondary N) is 2. The number of carbonyl (C=O) groups excluding carboxylic acids is 2. The van der Waals surface area contributed by atoms with Gasteiger partial charge in [-0.25, -0.2) is 13.2 Å². The Labute approximate surface area is 258 Å². The molecule has 1 aliphatic rings. The maximum Gasteiger partial charge on any atom is 0.326 e. The smallest absolute Gasteiger partial charge is 0.326 e. The predicted octanol–water partition coefficient (Wildman–Crippen LogP) is 4.90. The number of carbonyl (C=O) groups is 3. The molecular formula is C28H27Cl3N4O6S. The van der Waals surface area contributed by atoms with Gasteiger partial charge in [0, 0.05) is 36.1 Å². The summed E-state index contributed by atoms with van der Waals surface area (Å²) in [6.45, 7) is 3.61. The second kappa shape index (κ2) is 12.6. The van der Waals surface area contributed by atoms with Crippen LogP contribution in [-0.4, -0.2) is 59.2 Å². The summed E-state index contributed by atoms with van der Waals surface area (Å²) in [7, 11) is -4.10. The molecule has 2 heterocycles. The monoisotopic (exact) mass is 652 g/mol. The summed E-state index contributed by atoms with van der Waals surface area (Å²) in [5, 5.41) is 15.5. The molecule has 2 amide bonds. The number of benzene rings is 2. The summed E-state index contributed by atoms with van der Waals surface area (Å²) in [6.07, 6.45) is 2.89. The Morgan fingerprint density at radius 2 is 1.71 bits per heavy atom. The first-order valence-electron chi connectivity index (χ1n) is 12.7. The van der Waals surface area contributed by atoms with E-state index in [0.29, 0.717) is 17.7 Å². The summed E-state index contributed by atoms with van der Waals surface area (Å²) >= 11 is 18.1. The second-order valence-electron chi connectivity index (χ2n) is 10.4. The van der Waals surface area contributed by atoms with E-state index in [1.165, 1.54) is 30.6 Å². The molecule has 3 N–H and O–H groups in total. The third kappa shape index (κ3) is 6.87. The maximum absolute atomic E-state index is 13.5. The van der Waals surface area contributed by atoms with E-state index in [2.05, 4.69) is 15.6 Å². The van der Waals surface area contributed by atoms with Gasteiger partial charge in [-0.3, -0.25) is 14.6 Å². The van der Waals surface area contributed by atoms with Crippen LogP contribution in [0.2, 0.25) is 15.1 Å². The summed E-state index contributed by atoms with van der Waals surface area (Å²) < 4.78 is 28.0. The average Bonchev–Trinajstić information content (AvgIpc) is 3.24. The molecule has 14 heteroatoms. The van der Waals surface area contributed by atoms with E-state index in [1.807, 2.05) is 0 Å². The molecule has 0 spiro atoms. The lowest BCUT2D eigenvalue weighted by Gasteiger charge is -2.32. The number of hydrogen-bond acceptors (Lipinski definition) is 6. The number of rotatable bonds is 9. The van der Waals surface area contributed by atoms with E-state index in [0.717, 1.165) is 4.31 Å². The lowest BCUT2D eigenvalue weighted by Crippen LogP contribution is -2.55. The molecule has 10 nitrogen and oxygen atoms in total. The molecule has 2 atom stereocenters. The third-order valence-corrected chi connectivity index (χ3v) is 9.67. The Kier molecular flexibility index (Phi) is 9.49. The standard InChI is InChI=1S/C28H27Cl3N4O6S/c1-28(2)10-11-35(42(40,41)19-5-3-4-17(29)13-19)24(28)26(37)34-22(27(38)39)12-16-6-8-18(9-7-16)33-25(36)23-20(30)14-32-15-21(23)31/h3-9,13-15,22,24H,10-12H2,1-2H3,(H,33,36)(H,34,37)(H,38,39)/t22-,24+/m0/s1. The van der Waals surface area contributed by atoms with Crippen LogP contribution in [0, 0.1) is 5.41 Å². The highest BCUT2D eigenvalue weighted by atomic mass is 35.5. The first kappa shape index (κ1) is 31.7. The zero-order valence-corrected chi connectivity index (χ0v) is 25.6. The van der Waals surface area contributed by atoms with Gasteiger partial charge in [-0.1, -0.05) is 66.8 Å². The van der Waals surface area contributed by atoms with Gasteiger partial charge in [0.1, 0.15) is 12.1 Å². The fourth-order valence-electron chi connectivity index (χ4n) is 4.79. The minimum atomic E-state index is -4.10. The Bertz CT molecular complexity index is 1610. The van der Waals surface area contributed by atoms with Crippen molar-refractivity contribution < 1.29 is 27.9 Å². The predicted molar refractivity (Wildman–Crippen MR) is 159 cm³/mol. The first-order chi connectivity index (χ1) is 19.7. The van der Waals surface area contributed by atoms with Crippen molar-refractivity contribution in [1.29, 1.82) is 0 Å².